The Morgan fingerprint density at radius 3 is 2.42 bits per heavy atom. The minimum absolute atomic E-state index is 0.0237. The van der Waals surface area contributed by atoms with Crippen LogP contribution in [0.3, 0.4) is 0 Å². The number of carbonyl (C=O) groups is 2. The predicted molar refractivity (Wildman–Crippen MR) is 97.6 cm³/mol. The number of benzene rings is 1. The summed E-state index contributed by atoms with van der Waals surface area (Å²) in [6, 6.07) is 5.02. The van der Waals surface area contributed by atoms with Crippen LogP contribution in [-0.4, -0.2) is 35.8 Å². The van der Waals surface area contributed by atoms with Crippen LogP contribution in [0.4, 0.5) is 0 Å². The smallest absolute Gasteiger partial charge is 0.255 e. The lowest BCUT2D eigenvalue weighted by Crippen LogP contribution is -2.47. The normalized spacial score (nSPS) is 16.1. The molecule has 0 radical (unpaired) electrons. The van der Waals surface area contributed by atoms with E-state index in [2.05, 4.69) is 5.32 Å². The molecule has 0 aliphatic carbocycles. The van der Waals surface area contributed by atoms with Gasteiger partial charge in [0.05, 0.1) is 10.6 Å². The summed E-state index contributed by atoms with van der Waals surface area (Å²) < 4.78 is 0. The lowest BCUT2D eigenvalue weighted by molar-refractivity contribution is -0.123. The number of likely N-dealkylation sites (tertiary alicyclic amines) is 1. The van der Waals surface area contributed by atoms with E-state index in [9.17, 15) is 9.59 Å². The van der Waals surface area contributed by atoms with Crippen molar-refractivity contribution in [2.45, 2.75) is 46.1 Å². The van der Waals surface area contributed by atoms with Crippen molar-refractivity contribution in [3.63, 3.8) is 0 Å². The van der Waals surface area contributed by atoms with Gasteiger partial charge in [-0.3, -0.25) is 9.59 Å². The van der Waals surface area contributed by atoms with Gasteiger partial charge >= 0.3 is 0 Å². The fraction of sp³-hybridized carbons (Fsp3) is 0.556. The van der Waals surface area contributed by atoms with Gasteiger partial charge in [-0.2, -0.15) is 0 Å². The zero-order chi connectivity index (χ0) is 17.9. The highest BCUT2D eigenvalue weighted by atomic mass is 35.5. The fourth-order valence-corrected chi connectivity index (χ4v) is 3.19. The highest BCUT2D eigenvalue weighted by Gasteiger charge is 2.26. The van der Waals surface area contributed by atoms with Crippen LogP contribution in [-0.2, 0) is 4.79 Å². The lowest BCUT2D eigenvalue weighted by atomic mass is 9.91. The molecule has 1 saturated heterocycles. The molecular formula is C18H24Cl2N2O2. The third-order valence-corrected chi connectivity index (χ3v) is 4.56. The molecule has 132 valence electrons. The number of piperidine rings is 1. The van der Waals surface area contributed by atoms with Gasteiger partial charge in [-0.05, 0) is 36.5 Å². The average Bonchev–Trinajstić information content (AvgIpc) is 2.48. The van der Waals surface area contributed by atoms with Gasteiger partial charge in [0.25, 0.3) is 5.91 Å². The van der Waals surface area contributed by atoms with E-state index in [0.29, 0.717) is 35.1 Å². The Balaban J connectivity index is 1.89. The first-order valence-corrected chi connectivity index (χ1v) is 8.95. The van der Waals surface area contributed by atoms with Gasteiger partial charge in [0.1, 0.15) is 0 Å². The second-order valence-corrected chi connectivity index (χ2v) is 8.34. The highest BCUT2D eigenvalue weighted by Crippen LogP contribution is 2.24. The molecule has 0 bridgehead atoms. The topological polar surface area (TPSA) is 49.4 Å². The van der Waals surface area contributed by atoms with Crippen LogP contribution in [0.2, 0.25) is 10.0 Å². The molecule has 1 fully saturated rings. The molecule has 6 heteroatoms. The number of nitrogens with one attached hydrogen (secondary N) is 1. The van der Waals surface area contributed by atoms with Crippen molar-refractivity contribution in [2.24, 2.45) is 5.41 Å². The summed E-state index contributed by atoms with van der Waals surface area (Å²) in [5, 5.41) is 3.97. The maximum absolute atomic E-state index is 12.6. The number of hydrogen-bond donors (Lipinski definition) is 1. The largest absolute Gasteiger partial charge is 0.353 e. The molecule has 2 rings (SSSR count). The van der Waals surface area contributed by atoms with Crippen LogP contribution in [0, 0.1) is 5.41 Å². The Labute approximate surface area is 153 Å². The average molecular weight is 371 g/mol. The summed E-state index contributed by atoms with van der Waals surface area (Å²) in [5.74, 6) is -0.0351. The lowest BCUT2D eigenvalue weighted by Gasteiger charge is -2.33. The third-order valence-electron chi connectivity index (χ3n) is 4.00. The first-order chi connectivity index (χ1) is 11.2. The van der Waals surface area contributed by atoms with Gasteiger partial charge in [0.2, 0.25) is 5.91 Å². The molecule has 24 heavy (non-hydrogen) atoms. The molecule has 1 aliphatic rings. The minimum Gasteiger partial charge on any atom is -0.353 e. The van der Waals surface area contributed by atoms with Crippen molar-refractivity contribution in [1.82, 2.24) is 10.2 Å². The van der Waals surface area contributed by atoms with Gasteiger partial charge in [-0.1, -0.05) is 44.0 Å². The number of rotatable bonds is 3. The van der Waals surface area contributed by atoms with Crippen molar-refractivity contribution in [3.05, 3.63) is 33.8 Å². The second-order valence-electron chi connectivity index (χ2n) is 7.50. The van der Waals surface area contributed by atoms with Crippen LogP contribution in [0.5, 0.6) is 0 Å². The Morgan fingerprint density at radius 2 is 1.83 bits per heavy atom. The van der Waals surface area contributed by atoms with E-state index in [0.717, 1.165) is 12.8 Å². The molecule has 1 aliphatic heterocycles. The molecule has 1 aromatic carbocycles. The monoisotopic (exact) mass is 370 g/mol. The summed E-state index contributed by atoms with van der Waals surface area (Å²) in [4.78, 5) is 26.4. The van der Waals surface area contributed by atoms with Gasteiger partial charge in [0.15, 0.2) is 0 Å². The quantitative estimate of drug-likeness (QED) is 0.868. The first-order valence-electron chi connectivity index (χ1n) is 8.19. The molecule has 0 saturated carbocycles. The van der Waals surface area contributed by atoms with Crippen molar-refractivity contribution in [2.75, 3.05) is 13.1 Å². The Kier molecular flexibility index (Phi) is 6.16. The molecular weight excluding hydrogens is 347 g/mol. The molecule has 0 aromatic heterocycles. The van der Waals surface area contributed by atoms with Crippen molar-refractivity contribution in [3.8, 4) is 0 Å². The third kappa shape index (κ3) is 5.38. The van der Waals surface area contributed by atoms with E-state index in [1.807, 2.05) is 20.8 Å². The Hall–Kier alpha value is -1.26. The van der Waals surface area contributed by atoms with Crippen LogP contribution < -0.4 is 5.32 Å². The number of halogens is 2. The van der Waals surface area contributed by atoms with Gasteiger partial charge < -0.3 is 10.2 Å². The molecule has 0 spiro atoms. The van der Waals surface area contributed by atoms with Crippen LogP contribution >= 0.6 is 23.2 Å². The summed E-state index contributed by atoms with van der Waals surface area (Å²) >= 11 is 12.1. The molecule has 1 heterocycles. The van der Waals surface area contributed by atoms with E-state index in [-0.39, 0.29) is 23.3 Å². The molecule has 0 unspecified atom stereocenters. The standard InChI is InChI=1S/C18H24Cl2N2O2/c1-18(2,3)11-16(23)21-13-6-8-22(9-7-13)17(24)14-10-12(19)4-5-15(14)20/h4-5,10,13H,6-9,11H2,1-3H3,(H,21,23). The summed E-state index contributed by atoms with van der Waals surface area (Å²) in [6.07, 6.45) is 2.00. The maximum Gasteiger partial charge on any atom is 0.255 e. The van der Waals surface area contributed by atoms with E-state index in [1.165, 1.54) is 0 Å². The molecule has 4 nitrogen and oxygen atoms in total. The zero-order valence-electron chi connectivity index (χ0n) is 14.4. The Bertz CT molecular complexity index is 618. The number of nitrogens with zero attached hydrogens (tertiary/aromatic N) is 1. The van der Waals surface area contributed by atoms with Crippen molar-refractivity contribution >= 4 is 35.0 Å². The highest BCUT2D eigenvalue weighted by molar-refractivity contribution is 6.35. The van der Waals surface area contributed by atoms with Gasteiger partial charge in [-0.15, -0.1) is 0 Å². The molecule has 1 N–H and O–H groups in total. The zero-order valence-corrected chi connectivity index (χ0v) is 15.9. The first kappa shape index (κ1) is 19.1. The number of hydrogen-bond acceptors (Lipinski definition) is 2. The molecule has 2 amide bonds. The fourth-order valence-electron chi connectivity index (χ4n) is 2.82. The predicted octanol–water partition coefficient (Wildman–Crippen LogP) is 4.15. The summed E-state index contributed by atoms with van der Waals surface area (Å²) in [6.45, 7) is 7.33. The molecule has 1 aromatic rings. The van der Waals surface area contributed by atoms with Crippen molar-refractivity contribution in [1.29, 1.82) is 0 Å². The number of amides is 2. The maximum atomic E-state index is 12.6. The Morgan fingerprint density at radius 1 is 1.21 bits per heavy atom. The number of carbonyl (C=O) groups excluding carboxylic acids is 2. The van der Waals surface area contributed by atoms with Crippen molar-refractivity contribution < 1.29 is 9.59 Å². The summed E-state index contributed by atoms with van der Waals surface area (Å²) in [7, 11) is 0. The second kappa shape index (κ2) is 7.75. The van der Waals surface area contributed by atoms with Gasteiger partial charge in [0, 0.05) is 30.6 Å². The van der Waals surface area contributed by atoms with E-state index in [1.54, 1.807) is 23.1 Å². The SMILES string of the molecule is CC(C)(C)CC(=O)NC1CCN(C(=O)c2cc(Cl)ccc2Cl)CC1. The molecule has 0 atom stereocenters. The van der Waals surface area contributed by atoms with Crippen LogP contribution in [0.15, 0.2) is 18.2 Å². The van der Waals surface area contributed by atoms with E-state index < -0.39 is 0 Å². The van der Waals surface area contributed by atoms with E-state index in [4.69, 9.17) is 23.2 Å². The van der Waals surface area contributed by atoms with Crippen LogP contribution in [0.25, 0.3) is 0 Å². The summed E-state index contributed by atoms with van der Waals surface area (Å²) in [5.41, 5.74) is 0.406. The van der Waals surface area contributed by atoms with E-state index >= 15 is 0 Å². The van der Waals surface area contributed by atoms with Gasteiger partial charge in [-0.25, -0.2) is 0 Å². The van der Waals surface area contributed by atoms with Crippen LogP contribution in [0.1, 0.15) is 50.4 Å². The minimum atomic E-state index is -0.109.